The lowest BCUT2D eigenvalue weighted by molar-refractivity contribution is 0.614. The number of nitrogens with zero attached hydrogens (tertiary/aromatic N) is 5. The summed E-state index contributed by atoms with van der Waals surface area (Å²) in [4.78, 5) is 6.79. The molecule has 2 aromatic rings. The highest BCUT2D eigenvalue weighted by atomic mass is 127. The van der Waals surface area contributed by atoms with Crippen molar-refractivity contribution in [3.63, 3.8) is 0 Å². The molecule has 26 heavy (non-hydrogen) atoms. The number of anilines is 1. The first-order chi connectivity index (χ1) is 12.2. The fourth-order valence-electron chi connectivity index (χ4n) is 3.35. The maximum atomic E-state index is 4.35. The average molecular weight is 469 g/mol. The van der Waals surface area contributed by atoms with Gasteiger partial charge in [0.25, 0.3) is 0 Å². The Morgan fingerprint density at radius 1 is 1.31 bits per heavy atom. The summed E-state index contributed by atoms with van der Waals surface area (Å²) in [7, 11) is 1.80. The van der Waals surface area contributed by atoms with Crippen LogP contribution >= 0.6 is 24.0 Å². The molecule has 2 unspecified atom stereocenters. The fraction of sp³-hybridized carbons (Fsp3) is 0.500. The third kappa shape index (κ3) is 4.87. The largest absolute Gasteiger partial charge is 0.367 e. The lowest BCUT2D eigenvalue weighted by Crippen LogP contribution is -2.44. The van der Waals surface area contributed by atoms with Crippen molar-refractivity contribution in [1.29, 1.82) is 0 Å². The van der Waals surface area contributed by atoms with Gasteiger partial charge < -0.3 is 20.1 Å². The van der Waals surface area contributed by atoms with Gasteiger partial charge in [0.1, 0.15) is 6.33 Å². The van der Waals surface area contributed by atoms with E-state index in [1.54, 1.807) is 13.4 Å². The van der Waals surface area contributed by atoms with Crippen LogP contribution in [0.25, 0.3) is 0 Å². The Morgan fingerprint density at radius 3 is 2.77 bits per heavy atom. The molecule has 3 rings (SSSR count). The second kappa shape index (κ2) is 9.75. The highest BCUT2D eigenvalue weighted by Crippen LogP contribution is 2.25. The number of hydrogen-bond donors (Lipinski definition) is 2. The molecule has 1 aliphatic heterocycles. The molecule has 2 N–H and O–H groups in total. The number of halogens is 1. The molecule has 0 radical (unpaired) electrons. The maximum absolute atomic E-state index is 4.35. The summed E-state index contributed by atoms with van der Waals surface area (Å²) < 4.78 is 2.02. The van der Waals surface area contributed by atoms with E-state index in [1.807, 2.05) is 4.57 Å². The van der Waals surface area contributed by atoms with Gasteiger partial charge in [-0.2, -0.15) is 0 Å². The standard InChI is InChI=1S/C18H27N7.HI/c1-4-24-13-21-23-17(24)11-20-18(19-3)22-15-10-14(2)25(12-15)16-8-6-5-7-9-16;/h5-9,13-15H,4,10-12H2,1-3H3,(H2,19,20,22);1H. The lowest BCUT2D eigenvalue weighted by Gasteiger charge is -2.23. The smallest absolute Gasteiger partial charge is 0.191 e. The van der Waals surface area contributed by atoms with E-state index in [2.05, 4.69) is 74.9 Å². The average Bonchev–Trinajstić information content (AvgIpc) is 3.25. The maximum Gasteiger partial charge on any atom is 0.191 e. The van der Waals surface area contributed by atoms with E-state index in [0.29, 0.717) is 18.6 Å². The zero-order valence-corrected chi connectivity index (χ0v) is 17.9. The van der Waals surface area contributed by atoms with Crippen molar-refractivity contribution in [3.8, 4) is 0 Å². The predicted octanol–water partition coefficient (Wildman–Crippen LogP) is 2.25. The van der Waals surface area contributed by atoms with Crippen molar-refractivity contribution in [3.05, 3.63) is 42.5 Å². The summed E-state index contributed by atoms with van der Waals surface area (Å²) in [5.74, 6) is 1.72. The Bertz CT molecular complexity index is 701. The van der Waals surface area contributed by atoms with Gasteiger partial charge >= 0.3 is 0 Å². The van der Waals surface area contributed by atoms with Crippen LogP contribution in [0.5, 0.6) is 0 Å². The number of aryl methyl sites for hydroxylation is 1. The monoisotopic (exact) mass is 469 g/mol. The Balaban J connectivity index is 0.00000243. The van der Waals surface area contributed by atoms with Gasteiger partial charge in [-0.1, -0.05) is 18.2 Å². The molecule has 2 atom stereocenters. The Morgan fingerprint density at radius 2 is 2.08 bits per heavy atom. The van der Waals surface area contributed by atoms with Gasteiger partial charge in [-0.3, -0.25) is 4.99 Å². The van der Waals surface area contributed by atoms with Gasteiger partial charge in [-0.05, 0) is 32.4 Å². The van der Waals surface area contributed by atoms with E-state index in [1.165, 1.54) is 5.69 Å². The van der Waals surface area contributed by atoms with Gasteiger partial charge in [0, 0.05) is 37.9 Å². The second-order valence-electron chi connectivity index (χ2n) is 6.37. The molecule has 1 saturated heterocycles. The predicted molar refractivity (Wildman–Crippen MR) is 116 cm³/mol. The van der Waals surface area contributed by atoms with Crippen LogP contribution in [0.15, 0.2) is 41.7 Å². The molecule has 1 fully saturated rings. The highest BCUT2D eigenvalue weighted by Gasteiger charge is 2.29. The topological polar surface area (TPSA) is 70.4 Å². The first kappa shape index (κ1) is 20.5. The van der Waals surface area contributed by atoms with E-state index in [4.69, 9.17) is 0 Å². The molecule has 1 aromatic carbocycles. The molecule has 0 amide bonds. The molecule has 2 heterocycles. The van der Waals surface area contributed by atoms with E-state index in [-0.39, 0.29) is 24.0 Å². The number of benzene rings is 1. The molecule has 0 bridgehead atoms. The summed E-state index contributed by atoms with van der Waals surface area (Å²) in [6.07, 6.45) is 2.84. The zero-order valence-electron chi connectivity index (χ0n) is 15.6. The number of nitrogens with one attached hydrogen (secondary N) is 2. The molecule has 142 valence electrons. The second-order valence-corrected chi connectivity index (χ2v) is 6.37. The number of aromatic nitrogens is 3. The molecule has 1 aliphatic rings. The third-order valence-corrected chi connectivity index (χ3v) is 4.68. The SMILES string of the molecule is CCn1cnnc1CNC(=NC)NC1CC(C)N(c2ccccc2)C1.I. The number of hydrogen-bond acceptors (Lipinski definition) is 4. The van der Waals surface area contributed by atoms with Crippen LogP contribution in [0.3, 0.4) is 0 Å². The van der Waals surface area contributed by atoms with E-state index >= 15 is 0 Å². The number of rotatable bonds is 5. The van der Waals surface area contributed by atoms with Gasteiger partial charge in [0.15, 0.2) is 11.8 Å². The molecule has 0 spiro atoms. The number of para-hydroxylation sites is 1. The minimum atomic E-state index is 0. The Kier molecular flexibility index (Phi) is 7.67. The summed E-state index contributed by atoms with van der Waals surface area (Å²) in [6.45, 7) is 6.80. The lowest BCUT2D eigenvalue weighted by atomic mass is 10.2. The number of aliphatic imine (C=N–C) groups is 1. The van der Waals surface area contributed by atoms with Crippen LogP contribution < -0.4 is 15.5 Å². The van der Waals surface area contributed by atoms with Crippen LogP contribution in [0.1, 0.15) is 26.1 Å². The Labute approximate surface area is 172 Å². The fourth-order valence-corrected chi connectivity index (χ4v) is 3.35. The van der Waals surface area contributed by atoms with Crippen molar-refractivity contribution in [2.45, 2.75) is 45.4 Å². The molecular formula is C18H28IN7. The van der Waals surface area contributed by atoms with Crippen LogP contribution in [0.2, 0.25) is 0 Å². The molecule has 8 heteroatoms. The molecular weight excluding hydrogens is 441 g/mol. The molecule has 0 aliphatic carbocycles. The molecule has 7 nitrogen and oxygen atoms in total. The van der Waals surface area contributed by atoms with Crippen molar-refractivity contribution in [2.75, 3.05) is 18.5 Å². The summed E-state index contributed by atoms with van der Waals surface area (Å²) in [6, 6.07) is 11.4. The highest BCUT2D eigenvalue weighted by molar-refractivity contribution is 14.0. The normalized spacial score (nSPS) is 20.0. The van der Waals surface area contributed by atoms with E-state index < -0.39 is 0 Å². The van der Waals surface area contributed by atoms with Crippen molar-refractivity contribution >= 4 is 35.6 Å². The molecule has 1 aromatic heterocycles. The van der Waals surface area contributed by atoms with E-state index in [9.17, 15) is 0 Å². The van der Waals surface area contributed by atoms with Crippen molar-refractivity contribution in [1.82, 2.24) is 25.4 Å². The zero-order chi connectivity index (χ0) is 17.6. The third-order valence-electron chi connectivity index (χ3n) is 4.68. The van der Waals surface area contributed by atoms with Gasteiger partial charge in [0.2, 0.25) is 0 Å². The molecule has 0 saturated carbocycles. The Hall–Kier alpha value is -1.84. The minimum Gasteiger partial charge on any atom is -0.367 e. The van der Waals surface area contributed by atoms with E-state index in [0.717, 1.165) is 31.3 Å². The van der Waals surface area contributed by atoms with Gasteiger partial charge in [-0.15, -0.1) is 34.2 Å². The minimum absolute atomic E-state index is 0. The quantitative estimate of drug-likeness (QED) is 0.400. The summed E-state index contributed by atoms with van der Waals surface area (Å²) >= 11 is 0. The van der Waals surface area contributed by atoms with Gasteiger partial charge in [0.05, 0.1) is 6.54 Å². The number of guanidine groups is 1. The van der Waals surface area contributed by atoms with Gasteiger partial charge in [-0.25, -0.2) is 0 Å². The van der Waals surface area contributed by atoms with Crippen LogP contribution in [0.4, 0.5) is 5.69 Å². The van der Waals surface area contributed by atoms with Crippen LogP contribution in [-0.2, 0) is 13.1 Å². The summed E-state index contributed by atoms with van der Waals surface area (Å²) in [5.41, 5.74) is 1.28. The first-order valence-electron chi connectivity index (χ1n) is 8.86. The van der Waals surface area contributed by atoms with Crippen molar-refractivity contribution in [2.24, 2.45) is 4.99 Å². The van der Waals surface area contributed by atoms with Crippen LogP contribution in [0, 0.1) is 0 Å². The van der Waals surface area contributed by atoms with Crippen molar-refractivity contribution < 1.29 is 0 Å². The van der Waals surface area contributed by atoms with Crippen LogP contribution in [-0.4, -0.2) is 46.4 Å². The first-order valence-corrected chi connectivity index (χ1v) is 8.86. The summed E-state index contributed by atoms with van der Waals surface area (Å²) in [5, 5.41) is 15.0.